The average molecular weight is 350 g/mol. The van der Waals surface area contributed by atoms with E-state index in [1.165, 1.54) is 0 Å². The molecule has 2 aromatic carbocycles. The highest BCUT2D eigenvalue weighted by Crippen LogP contribution is 2.23. The molecule has 1 aliphatic heterocycles. The summed E-state index contributed by atoms with van der Waals surface area (Å²) in [5.74, 6) is 0.697. The Morgan fingerprint density at radius 3 is 2.85 bits per heavy atom. The van der Waals surface area contributed by atoms with Crippen LogP contribution < -0.4 is 4.74 Å². The summed E-state index contributed by atoms with van der Waals surface area (Å²) in [6.45, 7) is 1.60. The molecule has 1 aliphatic rings. The molecule has 5 nitrogen and oxygen atoms in total. The summed E-state index contributed by atoms with van der Waals surface area (Å²) >= 11 is 0. The maximum Gasteiger partial charge on any atom is 0.270 e. The molecule has 26 heavy (non-hydrogen) atoms. The Kier molecular flexibility index (Phi) is 4.63. The number of likely N-dealkylation sites (tertiary alicyclic amines) is 1. The van der Waals surface area contributed by atoms with Crippen LogP contribution in [0.2, 0.25) is 0 Å². The zero-order valence-electron chi connectivity index (χ0n) is 14.5. The number of hydrogen-bond acceptors (Lipinski definition) is 3. The lowest BCUT2D eigenvalue weighted by Crippen LogP contribution is -2.42. The molecule has 2 N–H and O–H groups in total. The highest BCUT2D eigenvalue weighted by atomic mass is 16.5. The number of fused-ring (bicyclic) bond motifs is 1. The van der Waals surface area contributed by atoms with Gasteiger partial charge in [0.25, 0.3) is 5.91 Å². The molecule has 5 heteroatoms. The molecule has 3 aromatic rings. The van der Waals surface area contributed by atoms with Crippen LogP contribution in [0.1, 0.15) is 28.9 Å². The van der Waals surface area contributed by atoms with Crippen molar-refractivity contribution in [1.29, 1.82) is 0 Å². The molecular weight excluding hydrogens is 328 g/mol. The van der Waals surface area contributed by atoms with Gasteiger partial charge in [-0.3, -0.25) is 4.79 Å². The maximum atomic E-state index is 12.7. The molecule has 1 atom stereocenters. The summed E-state index contributed by atoms with van der Waals surface area (Å²) in [5, 5.41) is 10.8. The Hall–Kier alpha value is -2.79. The third kappa shape index (κ3) is 3.58. The topological polar surface area (TPSA) is 65.6 Å². The van der Waals surface area contributed by atoms with E-state index in [0.29, 0.717) is 25.4 Å². The number of ether oxygens (including phenoxy) is 1. The van der Waals surface area contributed by atoms with Crippen LogP contribution in [-0.2, 0) is 6.61 Å². The molecule has 0 aliphatic carbocycles. The molecule has 1 amide bonds. The lowest BCUT2D eigenvalue weighted by molar-refractivity contribution is 0.0470. The van der Waals surface area contributed by atoms with Gasteiger partial charge < -0.3 is 19.7 Å². The van der Waals surface area contributed by atoms with Crippen molar-refractivity contribution in [1.82, 2.24) is 9.88 Å². The fourth-order valence-corrected chi connectivity index (χ4v) is 3.36. The normalized spacial score (nSPS) is 17.4. The van der Waals surface area contributed by atoms with Gasteiger partial charge in [-0.1, -0.05) is 30.3 Å². The Balaban J connectivity index is 1.49. The Bertz CT molecular complexity index is 904. The first kappa shape index (κ1) is 16.7. The summed E-state index contributed by atoms with van der Waals surface area (Å²) in [6.07, 6.45) is 1.18. The largest absolute Gasteiger partial charge is 0.489 e. The van der Waals surface area contributed by atoms with E-state index < -0.39 is 6.10 Å². The minimum absolute atomic E-state index is 0.0632. The quantitative estimate of drug-likeness (QED) is 0.758. The van der Waals surface area contributed by atoms with Crippen molar-refractivity contribution in [2.24, 2.45) is 0 Å². The van der Waals surface area contributed by atoms with E-state index in [-0.39, 0.29) is 5.91 Å². The zero-order chi connectivity index (χ0) is 17.9. The number of aromatic amines is 1. The predicted molar refractivity (Wildman–Crippen MR) is 100 cm³/mol. The molecule has 1 saturated heterocycles. The molecular formula is C21H22N2O3. The molecule has 0 radical (unpaired) electrons. The van der Waals surface area contributed by atoms with Crippen LogP contribution in [0.15, 0.2) is 54.6 Å². The molecule has 0 bridgehead atoms. The molecule has 134 valence electrons. The highest BCUT2D eigenvalue weighted by Gasteiger charge is 2.24. The first-order valence-electron chi connectivity index (χ1n) is 8.96. The third-order valence-electron chi connectivity index (χ3n) is 4.76. The summed E-state index contributed by atoms with van der Waals surface area (Å²) in [4.78, 5) is 17.6. The van der Waals surface area contributed by atoms with E-state index >= 15 is 0 Å². The van der Waals surface area contributed by atoms with Crippen molar-refractivity contribution in [2.45, 2.75) is 25.6 Å². The van der Waals surface area contributed by atoms with Gasteiger partial charge in [-0.25, -0.2) is 0 Å². The number of β-amino-alcohol motifs (C(OH)–C–C–N with tert-alkyl or cyclic N) is 1. The second-order valence-corrected chi connectivity index (χ2v) is 6.75. The van der Waals surface area contributed by atoms with Gasteiger partial charge in [0.2, 0.25) is 0 Å². The van der Waals surface area contributed by atoms with Crippen LogP contribution in [-0.4, -0.2) is 40.1 Å². The fraction of sp³-hybridized carbons (Fsp3) is 0.286. The third-order valence-corrected chi connectivity index (χ3v) is 4.76. The van der Waals surface area contributed by atoms with E-state index in [1.807, 2.05) is 54.6 Å². The van der Waals surface area contributed by atoms with Crippen molar-refractivity contribution >= 4 is 16.8 Å². The van der Waals surface area contributed by atoms with Gasteiger partial charge in [0, 0.05) is 30.1 Å². The molecule has 1 fully saturated rings. The summed E-state index contributed by atoms with van der Waals surface area (Å²) in [6, 6.07) is 17.7. The maximum absolute atomic E-state index is 12.7. The number of carbonyl (C=O) groups excluding carboxylic acids is 1. The van der Waals surface area contributed by atoms with Crippen LogP contribution in [0, 0.1) is 0 Å². The number of carbonyl (C=O) groups is 1. The molecule has 0 spiro atoms. The number of aliphatic hydroxyl groups excluding tert-OH is 1. The van der Waals surface area contributed by atoms with Crippen molar-refractivity contribution < 1.29 is 14.6 Å². The van der Waals surface area contributed by atoms with Crippen LogP contribution >= 0.6 is 0 Å². The molecule has 0 saturated carbocycles. The van der Waals surface area contributed by atoms with Gasteiger partial charge in [-0.15, -0.1) is 0 Å². The molecule has 1 aromatic heterocycles. The number of nitrogens with zero attached hydrogens (tertiary/aromatic N) is 1. The predicted octanol–water partition coefficient (Wildman–Crippen LogP) is 3.34. The number of nitrogens with one attached hydrogen (secondary N) is 1. The monoisotopic (exact) mass is 350 g/mol. The van der Waals surface area contributed by atoms with E-state index in [1.54, 1.807) is 4.90 Å². The minimum Gasteiger partial charge on any atom is -0.489 e. The number of piperidine rings is 1. The number of amides is 1. The van der Waals surface area contributed by atoms with Crippen LogP contribution in [0.3, 0.4) is 0 Å². The number of H-pyrrole nitrogens is 1. The standard InChI is InChI=1S/C21H22N2O3/c24-17-7-4-10-23(13-17)21(25)20-11-16-8-9-18(12-19(16)22-20)26-14-15-5-2-1-3-6-15/h1-3,5-6,8-9,11-12,17,22,24H,4,7,10,13-14H2. The zero-order valence-corrected chi connectivity index (χ0v) is 14.5. The summed E-state index contributed by atoms with van der Waals surface area (Å²) < 4.78 is 5.85. The number of hydrogen-bond donors (Lipinski definition) is 2. The van der Waals surface area contributed by atoms with Gasteiger partial charge >= 0.3 is 0 Å². The molecule has 4 rings (SSSR count). The van der Waals surface area contributed by atoms with E-state index in [0.717, 1.165) is 35.1 Å². The van der Waals surface area contributed by atoms with E-state index in [9.17, 15) is 9.90 Å². The lowest BCUT2D eigenvalue weighted by atomic mass is 10.1. The Labute approximate surface area is 152 Å². The van der Waals surface area contributed by atoms with E-state index in [2.05, 4.69) is 4.98 Å². The first-order chi connectivity index (χ1) is 12.7. The van der Waals surface area contributed by atoms with Gasteiger partial charge in [0.15, 0.2) is 0 Å². The molecule has 1 unspecified atom stereocenters. The first-order valence-corrected chi connectivity index (χ1v) is 8.96. The SMILES string of the molecule is O=C(c1cc2ccc(OCc3ccccc3)cc2[nH]1)N1CCCC(O)C1. The number of benzene rings is 2. The van der Waals surface area contributed by atoms with Gasteiger partial charge in [-0.2, -0.15) is 0 Å². The summed E-state index contributed by atoms with van der Waals surface area (Å²) in [5.41, 5.74) is 2.53. The molecule has 2 heterocycles. The van der Waals surface area contributed by atoms with Crippen LogP contribution in [0.5, 0.6) is 5.75 Å². The van der Waals surface area contributed by atoms with Crippen molar-refractivity contribution in [2.75, 3.05) is 13.1 Å². The van der Waals surface area contributed by atoms with Gasteiger partial charge in [0.1, 0.15) is 18.1 Å². The second kappa shape index (κ2) is 7.22. The Morgan fingerprint density at radius 2 is 2.04 bits per heavy atom. The summed E-state index contributed by atoms with van der Waals surface area (Å²) in [7, 11) is 0. The van der Waals surface area contributed by atoms with Gasteiger partial charge in [0.05, 0.1) is 6.10 Å². The Morgan fingerprint density at radius 1 is 1.19 bits per heavy atom. The van der Waals surface area contributed by atoms with Crippen molar-refractivity contribution in [3.8, 4) is 5.75 Å². The fourth-order valence-electron chi connectivity index (χ4n) is 3.36. The average Bonchev–Trinajstić information content (AvgIpc) is 3.10. The number of aliphatic hydroxyl groups is 1. The van der Waals surface area contributed by atoms with Crippen molar-refractivity contribution in [3.63, 3.8) is 0 Å². The second-order valence-electron chi connectivity index (χ2n) is 6.75. The smallest absolute Gasteiger partial charge is 0.270 e. The van der Waals surface area contributed by atoms with Crippen molar-refractivity contribution in [3.05, 3.63) is 65.9 Å². The highest BCUT2D eigenvalue weighted by molar-refractivity contribution is 5.98. The van der Waals surface area contributed by atoms with Gasteiger partial charge in [-0.05, 0) is 36.6 Å². The van der Waals surface area contributed by atoms with E-state index in [4.69, 9.17) is 4.74 Å². The van der Waals surface area contributed by atoms with Crippen LogP contribution in [0.4, 0.5) is 0 Å². The number of rotatable bonds is 4. The lowest BCUT2D eigenvalue weighted by Gasteiger charge is -2.29. The minimum atomic E-state index is -0.421. The van der Waals surface area contributed by atoms with Crippen LogP contribution in [0.25, 0.3) is 10.9 Å². The number of aromatic nitrogens is 1.